The van der Waals surface area contributed by atoms with Crippen LogP contribution in [0.5, 0.6) is 0 Å². The van der Waals surface area contributed by atoms with Crippen LogP contribution in [-0.2, 0) is 19.9 Å². The molecule has 0 atom stereocenters. The Morgan fingerprint density at radius 1 is 0.688 bits per heavy atom. The molecular weight excluding hydrogens is 194 g/mol. The Kier molecular flexibility index (Phi) is 4.50. The first-order valence-corrected chi connectivity index (χ1v) is 7.01. The molecule has 16 heavy (non-hydrogen) atoms. The van der Waals surface area contributed by atoms with Crippen molar-refractivity contribution in [1.29, 1.82) is 0 Å². The summed E-state index contributed by atoms with van der Waals surface area (Å²) in [5, 5.41) is 0. The molecule has 0 aromatic carbocycles. The maximum absolute atomic E-state index is 2.43. The van der Waals surface area contributed by atoms with Gasteiger partial charge in [-0.15, -0.1) is 0 Å². The zero-order chi connectivity index (χ0) is 11.2. The fourth-order valence-electron chi connectivity index (χ4n) is 2.78. The molecule has 1 aliphatic rings. The predicted molar refractivity (Wildman–Crippen MR) is 69.8 cm³/mol. The third-order valence-corrected chi connectivity index (χ3v) is 3.95. The van der Waals surface area contributed by atoms with Crippen LogP contribution in [0.2, 0.25) is 0 Å². The highest BCUT2D eigenvalue weighted by Crippen LogP contribution is 2.17. The zero-order valence-corrected chi connectivity index (χ0v) is 10.7. The lowest BCUT2D eigenvalue weighted by Gasteiger charge is -2.07. The van der Waals surface area contributed by atoms with E-state index in [9.17, 15) is 0 Å². The van der Waals surface area contributed by atoms with Gasteiger partial charge in [0.05, 0.1) is 0 Å². The van der Waals surface area contributed by atoms with Gasteiger partial charge in [-0.3, -0.25) is 0 Å². The molecule has 0 saturated heterocycles. The Labute approximate surface area is 99.9 Å². The minimum Gasteiger partial charge on any atom is -0.352 e. The van der Waals surface area contributed by atoms with Crippen LogP contribution in [-0.4, -0.2) is 4.57 Å². The van der Waals surface area contributed by atoms with Crippen molar-refractivity contribution in [3.05, 3.63) is 23.5 Å². The monoisotopic (exact) mass is 219 g/mol. The Balaban J connectivity index is 1.98. The smallest absolute Gasteiger partial charge is 0.0174 e. The van der Waals surface area contributed by atoms with Crippen LogP contribution in [0.1, 0.15) is 62.8 Å². The van der Waals surface area contributed by atoms with Gasteiger partial charge in [0.25, 0.3) is 0 Å². The van der Waals surface area contributed by atoms with Crippen LogP contribution in [0.15, 0.2) is 12.1 Å². The van der Waals surface area contributed by atoms with Gasteiger partial charge in [0.1, 0.15) is 0 Å². The molecule has 1 aromatic rings. The van der Waals surface area contributed by atoms with E-state index in [2.05, 4.69) is 23.7 Å². The molecule has 0 amide bonds. The molecule has 1 aliphatic heterocycles. The second-order valence-corrected chi connectivity index (χ2v) is 5.20. The molecule has 1 heteroatoms. The predicted octanol–water partition coefficient (Wildman–Crippen LogP) is 4.24. The number of aryl methyl sites for hydroxylation is 2. The second kappa shape index (κ2) is 6.12. The van der Waals surface area contributed by atoms with Crippen LogP contribution >= 0.6 is 0 Å². The van der Waals surface area contributed by atoms with E-state index in [1.807, 2.05) is 0 Å². The van der Waals surface area contributed by atoms with Crippen molar-refractivity contribution in [3.8, 4) is 0 Å². The zero-order valence-electron chi connectivity index (χ0n) is 10.7. The summed E-state index contributed by atoms with van der Waals surface area (Å²) in [6.45, 7) is 0. The van der Waals surface area contributed by atoms with Gasteiger partial charge < -0.3 is 4.57 Å². The van der Waals surface area contributed by atoms with Crippen molar-refractivity contribution in [2.75, 3.05) is 0 Å². The van der Waals surface area contributed by atoms with Crippen molar-refractivity contribution in [3.63, 3.8) is 0 Å². The summed E-state index contributed by atoms with van der Waals surface area (Å²) >= 11 is 0. The molecule has 2 heterocycles. The van der Waals surface area contributed by atoms with Crippen molar-refractivity contribution in [1.82, 2.24) is 4.57 Å². The van der Waals surface area contributed by atoms with E-state index in [-0.39, 0.29) is 0 Å². The van der Waals surface area contributed by atoms with E-state index in [0.717, 1.165) is 0 Å². The van der Waals surface area contributed by atoms with Crippen molar-refractivity contribution < 1.29 is 0 Å². The molecule has 90 valence electrons. The number of rotatable bonds is 0. The SMILES string of the molecule is Cn1c2ccc1CCCCCCCCCC2. The van der Waals surface area contributed by atoms with Crippen LogP contribution < -0.4 is 0 Å². The number of fused-ring (bicyclic) bond motifs is 2. The van der Waals surface area contributed by atoms with Gasteiger partial charge >= 0.3 is 0 Å². The van der Waals surface area contributed by atoms with E-state index in [4.69, 9.17) is 0 Å². The minimum absolute atomic E-state index is 1.27. The van der Waals surface area contributed by atoms with Crippen LogP contribution in [0.3, 0.4) is 0 Å². The summed E-state index contributed by atoms with van der Waals surface area (Å²) in [7, 11) is 2.24. The summed E-state index contributed by atoms with van der Waals surface area (Å²) in [5.74, 6) is 0. The van der Waals surface area contributed by atoms with Crippen molar-refractivity contribution >= 4 is 0 Å². The Hall–Kier alpha value is -0.720. The summed E-state index contributed by atoms with van der Waals surface area (Å²) in [4.78, 5) is 0. The standard InChI is InChI=1S/C15H25N/c1-16-14-10-8-6-4-2-3-5-7-9-11-15(16)13-12-14/h12-13H,2-11H2,1H3. The molecule has 0 fully saturated rings. The number of hydrogen-bond donors (Lipinski definition) is 0. The summed E-state index contributed by atoms with van der Waals surface area (Å²) in [6, 6.07) is 4.67. The molecule has 1 nitrogen and oxygen atoms in total. The first kappa shape index (κ1) is 11.8. The number of hydrogen-bond acceptors (Lipinski definition) is 0. The average molecular weight is 219 g/mol. The van der Waals surface area contributed by atoms with Gasteiger partial charge in [-0.2, -0.15) is 0 Å². The fraction of sp³-hybridized carbons (Fsp3) is 0.733. The molecule has 0 unspecified atom stereocenters. The van der Waals surface area contributed by atoms with Gasteiger partial charge in [0.2, 0.25) is 0 Å². The van der Waals surface area contributed by atoms with E-state index < -0.39 is 0 Å². The molecule has 2 bridgehead atoms. The van der Waals surface area contributed by atoms with Crippen molar-refractivity contribution in [2.45, 2.75) is 64.2 Å². The Morgan fingerprint density at radius 3 is 1.50 bits per heavy atom. The number of aromatic nitrogens is 1. The average Bonchev–Trinajstić information content (AvgIpc) is 2.64. The van der Waals surface area contributed by atoms with Crippen molar-refractivity contribution in [2.24, 2.45) is 7.05 Å². The van der Waals surface area contributed by atoms with E-state index >= 15 is 0 Å². The number of nitrogens with zero attached hydrogens (tertiary/aromatic N) is 1. The van der Waals surface area contributed by atoms with Gasteiger partial charge in [0.15, 0.2) is 0 Å². The van der Waals surface area contributed by atoms with E-state index in [1.54, 1.807) is 0 Å². The van der Waals surface area contributed by atoms with E-state index in [0.29, 0.717) is 0 Å². The molecule has 2 rings (SSSR count). The largest absolute Gasteiger partial charge is 0.352 e. The highest BCUT2D eigenvalue weighted by atomic mass is 14.9. The Morgan fingerprint density at radius 2 is 1.06 bits per heavy atom. The highest BCUT2D eigenvalue weighted by Gasteiger charge is 2.05. The lowest BCUT2D eigenvalue weighted by Crippen LogP contribution is -2.01. The first-order chi connectivity index (χ1) is 7.88. The Bertz CT molecular complexity index is 282. The van der Waals surface area contributed by atoms with Crippen LogP contribution in [0.25, 0.3) is 0 Å². The summed E-state index contributed by atoms with van der Waals surface area (Å²) < 4.78 is 2.43. The maximum atomic E-state index is 2.43. The topological polar surface area (TPSA) is 4.93 Å². The summed E-state index contributed by atoms with van der Waals surface area (Å²) in [6.07, 6.45) is 13.9. The molecule has 0 N–H and O–H groups in total. The van der Waals surface area contributed by atoms with Gasteiger partial charge in [-0.05, 0) is 37.8 Å². The minimum atomic E-state index is 1.27. The summed E-state index contributed by atoms with van der Waals surface area (Å²) in [5.41, 5.74) is 3.07. The van der Waals surface area contributed by atoms with Crippen LogP contribution in [0.4, 0.5) is 0 Å². The third-order valence-electron chi connectivity index (χ3n) is 3.95. The van der Waals surface area contributed by atoms with Gasteiger partial charge in [-0.1, -0.05) is 38.5 Å². The first-order valence-electron chi connectivity index (χ1n) is 7.01. The third kappa shape index (κ3) is 3.13. The maximum Gasteiger partial charge on any atom is 0.0174 e. The second-order valence-electron chi connectivity index (χ2n) is 5.20. The molecule has 0 saturated carbocycles. The fourth-order valence-corrected chi connectivity index (χ4v) is 2.78. The van der Waals surface area contributed by atoms with Crippen LogP contribution in [0, 0.1) is 0 Å². The normalized spacial score (nSPS) is 19.6. The lowest BCUT2D eigenvalue weighted by molar-refractivity contribution is 0.569. The van der Waals surface area contributed by atoms with Gasteiger partial charge in [-0.25, -0.2) is 0 Å². The highest BCUT2D eigenvalue weighted by molar-refractivity contribution is 5.16. The van der Waals surface area contributed by atoms with E-state index in [1.165, 1.54) is 75.6 Å². The van der Waals surface area contributed by atoms with Gasteiger partial charge in [0, 0.05) is 18.4 Å². The quantitative estimate of drug-likeness (QED) is 0.615. The lowest BCUT2D eigenvalue weighted by atomic mass is 10.1. The molecule has 1 aromatic heterocycles. The molecule has 0 spiro atoms. The molecular formula is C15H25N. The molecule has 0 radical (unpaired) electrons. The molecule has 0 aliphatic carbocycles.